The van der Waals surface area contributed by atoms with E-state index in [2.05, 4.69) is 15.4 Å². The third-order valence-corrected chi connectivity index (χ3v) is 4.03. The van der Waals surface area contributed by atoms with Gasteiger partial charge in [-0.1, -0.05) is 6.92 Å². The number of aromatic nitrogens is 4. The molecule has 0 aliphatic carbocycles. The highest BCUT2D eigenvalue weighted by Crippen LogP contribution is 2.11. The lowest BCUT2D eigenvalue weighted by Gasteiger charge is -2.14. The molecule has 1 amide bonds. The Balaban J connectivity index is 1.96. The predicted octanol–water partition coefficient (Wildman–Crippen LogP) is 2.39. The van der Waals surface area contributed by atoms with Gasteiger partial charge in [-0.2, -0.15) is 5.10 Å². The first-order valence-electron chi connectivity index (χ1n) is 8.57. The van der Waals surface area contributed by atoms with Crippen molar-refractivity contribution in [3.05, 3.63) is 69.7 Å². The minimum absolute atomic E-state index is 0.235. The number of carbonyl (C=O) groups excluding carboxylic acids is 1. The molecule has 0 spiro atoms. The van der Waals surface area contributed by atoms with E-state index in [0.717, 1.165) is 11.4 Å². The van der Waals surface area contributed by atoms with E-state index in [1.807, 2.05) is 26.8 Å². The fraction of sp³-hybridized carbons (Fsp3) is 0.263. The second-order valence-electron chi connectivity index (χ2n) is 6.22. The number of nitrogens with zero attached hydrogens (tertiary/aromatic N) is 4. The number of anilines is 1. The summed E-state index contributed by atoms with van der Waals surface area (Å²) in [5.74, 6) is -0.521. The Morgan fingerprint density at radius 1 is 1.19 bits per heavy atom. The smallest absolute Gasteiger partial charge is 0.255 e. The van der Waals surface area contributed by atoms with Crippen LogP contribution in [0.5, 0.6) is 0 Å². The molecule has 0 radical (unpaired) electrons. The quantitative estimate of drug-likeness (QED) is 0.749. The maximum absolute atomic E-state index is 13.0. The molecule has 0 aliphatic heterocycles. The lowest BCUT2D eigenvalue weighted by atomic mass is 10.3. The molecule has 0 atom stereocenters. The molecule has 27 heavy (non-hydrogen) atoms. The van der Waals surface area contributed by atoms with E-state index in [1.165, 1.54) is 34.9 Å². The van der Waals surface area contributed by atoms with Gasteiger partial charge in [0.05, 0.1) is 5.69 Å². The average molecular weight is 369 g/mol. The topological polar surface area (TPSA) is 81.8 Å². The molecule has 140 valence electrons. The van der Waals surface area contributed by atoms with Gasteiger partial charge in [-0.25, -0.2) is 14.1 Å². The second kappa shape index (κ2) is 7.53. The highest BCUT2D eigenvalue weighted by Gasteiger charge is 2.16. The predicted molar refractivity (Wildman–Crippen MR) is 99.5 cm³/mol. The number of nitrogens with one attached hydrogen (secondary N) is 1. The fourth-order valence-corrected chi connectivity index (χ4v) is 2.74. The van der Waals surface area contributed by atoms with Crippen molar-refractivity contribution in [1.29, 1.82) is 0 Å². The summed E-state index contributed by atoms with van der Waals surface area (Å²) in [5, 5.41) is 7.03. The number of halogens is 1. The van der Waals surface area contributed by atoms with Crippen LogP contribution in [0.3, 0.4) is 0 Å². The Labute approximate surface area is 155 Å². The molecule has 2 heterocycles. The number of rotatable bonds is 5. The molecule has 0 saturated heterocycles. The normalized spacial score (nSPS) is 10.8. The lowest BCUT2D eigenvalue weighted by Crippen LogP contribution is -2.32. The van der Waals surface area contributed by atoms with E-state index in [-0.39, 0.29) is 12.1 Å². The zero-order valence-corrected chi connectivity index (χ0v) is 15.4. The molecule has 1 aromatic carbocycles. The van der Waals surface area contributed by atoms with Gasteiger partial charge in [-0.15, -0.1) is 0 Å². The highest BCUT2D eigenvalue weighted by molar-refractivity contribution is 5.90. The van der Waals surface area contributed by atoms with Crippen LogP contribution in [0.1, 0.15) is 24.0 Å². The Bertz CT molecular complexity index is 1040. The molecule has 3 aromatic rings. The van der Waals surface area contributed by atoms with E-state index < -0.39 is 11.7 Å². The first kappa shape index (κ1) is 18.5. The molecule has 0 aliphatic rings. The molecule has 1 N–H and O–H groups in total. The minimum atomic E-state index is -0.419. The van der Waals surface area contributed by atoms with Crippen LogP contribution in [0.25, 0.3) is 5.95 Å². The van der Waals surface area contributed by atoms with Crippen LogP contribution in [-0.2, 0) is 17.8 Å². The summed E-state index contributed by atoms with van der Waals surface area (Å²) < 4.78 is 15.8. The first-order valence-corrected chi connectivity index (χ1v) is 8.57. The van der Waals surface area contributed by atoms with Crippen LogP contribution in [0.2, 0.25) is 0 Å². The molecule has 0 bridgehead atoms. The van der Waals surface area contributed by atoms with E-state index in [1.54, 1.807) is 4.68 Å². The maximum Gasteiger partial charge on any atom is 0.255 e. The van der Waals surface area contributed by atoms with Crippen molar-refractivity contribution < 1.29 is 9.18 Å². The standard InChI is InChI=1S/C19H20FN5O2/c1-4-15-10-18(27)24(19(22-15)25-13(3)9-12(2)23-25)11-17(26)21-16-7-5-14(20)6-8-16/h5-10H,4,11H2,1-3H3,(H,21,26). The van der Waals surface area contributed by atoms with Crippen LogP contribution in [0, 0.1) is 19.7 Å². The van der Waals surface area contributed by atoms with Crippen molar-refractivity contribution >= 4 is 11.6 Å². The Morgan fingerprint density at radius 2 is 1.89 bits per heavy atom. The molecule has 3 rings (SSSR count). The van der Waals surface area contributed by atoms with Gasteiger partial charge in [0.1, 0.15) is 12.4 Å². The van der Waals surface area contributed by atoms with Gasteiger partial charge in [-0.05, 0) is 50.6 Å². The summed E-state index contributed by atoms with van der Waals surface area (Å²) >= 11 is 0. The SMILES string of the molecule is CCc1cc(=O)n(CC(=O)Nc2ccc(F)cc2)c(-n2nc(C)cc2C)n1. The molecule has 7 nitrogen and oxygen atoms in total. The third kappa shape index (κ3) is 4.11. The summed E-state index contributed by atoms with van der Waals surface area (Å²) in [6.45, 7) is 5.36. The number of amides is 1. The number of hydrogen-bond donors (Lipinski definition) is 1. The van der Waals surface area contributed by atoms with Crippen molar-refractivity contribution in [3.8, 4) is 5.95 Å². The zero-order valence-electron chi connectivity index (χ0n) is 15.4. The van der Waals surface area contributed by atoms with Crippen molar-refractivity contribution in [3.63, 3.8) is 0 Å². The summed E-state index contributed by atoms with van der Waals surface area (Å²) in [4.78, 5) is 29.5. The first-order chi connectivity index (χ1) is 12.9. The zero-order chi connectivity index (χ0) is 19.6. The van der Waals surface area contributed by atoms with Gasteiger partial charge in [-0.3, -0.25) is 14.2 Å². The number of carbonyl (C=O) groups is 1. The average Bonchev–Trinajstić information content (AvgIpc) is 2.96. The summed E-state index contributed by atoms with van der Waals surface area (Å²) in [6.07, 6.45) is 0.587. The van der Waals surface area contributed by atoms with Crippen molar-refractivity contribution in [1.82, 2.24) is 19.3 Å². The van der Waals surface area contributed by atoms with Crippen LogP contribution in [0.4, 0.5) is 10.1 Å². The van der Waals surface area contributed by atoms with E-state index in [4.69, 9.17) is 0 Å². The molecule has 0 unspecified atom stereocenters. The molecule has 8 heteroatoms. The van der Waals surface area contributed by atoms with Crippen LogP contribution in [0.15, 0.2) is 41.2 Å². The van der Waals surface area contributed by atoms with Crippen molar-refractivity contribution in [2.75, 3.05) is 5.32 Å². The van der Waals surface area contributed by atoms with Gasteiger partial charge in [0.15, 0.2) is 0 Å². The summed E-state index contributed by atoms with van der Waals surface area (Å²) in [7, 11) is 0. The largest absolute Gasteiger partial charge is 0.325 e. The fourth-order valence-electron chi connectivity index (χ4n) is 2.74. The third-order valence-electron chi connectivity index (χ3n) is 4.03. The monoisotopic (exact) mass is 369 g/mol. The molecule has 0 saturated carbocycles. The van der Waals surface area contributed by atoms with Crippen molar-refractivity contribution in [2.45, 2.75) is 33.7 Å². The van der Waals surface area contributed by atoms with Gasteiger partial charge in [0.2, 0.25) is 11.9 Å². The molecular formula is C19H20FN5O2. The van der Waals surface area contributed by atoms with Gasteiger partial charge in [0, 0.05) is 23.1 Å². The van der Waals surface area contributed by atoms with E-state index >= 15 is 0 Å². The summed E-state index contributed by atoms with van der Waals surface area (Å²) in [6, 6.07) is 8.70. The van der Waals surface area contributed by atoms with Gasteiger partial charge in [0.25, 0.3) is 5.56 Å². The number of benzene rings is 1. The van der Waals surface area contributed by atoms with E-state index in [0.29, 0.717) is 23.8 Å². The number of hydrogen-bond acceptors (Lipinski definition) is 4. The van der Waals surface area contributed by atoms with Crippen molar-refractivity contribution in [2.24, 2.45) is 0 Å². The molecule has 2 aromatic heterocycles. The Hall–Kier alpha value is -3.29. The van der Waals surface area contributed by atoms with Gasteiger partial charge >= 0.3 is 0 Å². The van der Waals surface area contributed by atoms with Crippen LogP contribution < -0.4 is 10.9 Å². The number of aryl methyl sites for hydroxylation is 3. The Morgan fingerprint density at radius 3 is 2.48 bits per heavy atom. The second-order valence-corrected chi connectivity index (χ2v) is 6.22. The minimum Gasteiger partial charge on any atom is -0.325 e. The lowest BCUT2D eigenvalue weighted by molar-refractivity contribution is -0.116. The van der Waals surface area contributed by atoms with Crippen LogP contribution in [-0.4, -0.2) is 25.2 Å². The molecular weight excluding hydrogens is 349 g/mol. The Kier molecular flexibility index (Phi) is 5.16. The van der Waals surface area contributed by atoms with Gasteiger partial charge < -0.3 is 5.32 Å². The summed E-state index contributed by atoms with van der Waals surface area (Å²) in [5.41, 5.74) is 2.32. The molecule has 0 fully saturated rings. The van der Waals surface area contributed by atoms with Crippen LogP contribution >= 0.6 is 0 Å². The highest BCUT2D eigenvalue weighted by atomic mass is 19.1. The maximum atomic E-state index is 13.0. The van der Waals surface area contributed by atoms with E-state index in [9.17, 15) is 14.0 Å².